The second kappa shape index (κ2) is 69.1. The highest BCUT2D eigenvalue weighted by Crippen LogP contribution is 2.19. The van der Waals surface area contributed by atoms with E-state index < -0.39 is 6.10 Å². The summed E-state index contributed by atoms with van der Waals surface area (Å²) >= 11 is 0. The van der Waals surface area contributed by atoms with E-state index in [9.17, 15) is 14.4 Å². The lowest BCUT2D eigenvalue weighted by Crippen LogP contribution is -2.30. The zero-order valence-electron chi connectivity index (χ0n) is 54.1. The van der Waals surface area contributed by atoms with Gasteiger partial charge in [0.25, 0.3) is 0 Å². The van der Waals surface area contributed by atoms with E-state index in [-0.39, 0.29) is 31.1 Å². The maximum absolute atomic E-state index is 12.9. The smallest absolute Gasteiger partial charge is 0.306 e. The molecule has 6 heteroatoms. The predicted molar refractivity (Wildman–Crippen MR) is 349 cm³/mol. The van der Waals surface area contributed by atoms with Gasteiger partial charge in [0, 0.05) is 19.3 Å². The van der Waals surface area contributed by atoms with Crippen molar-refractivity contribution in [2.24, 2.45) is 0 Å². The Morgan fingerprint density at radius 1 is 0.250 bits per heavy atom. The number of hydrogen-bond donors (Lipinski definition) is 0. The van der Waals surface area contributed by atoms with E-state index in [1.807, 2.05) is 0 Å². The summed E-state index contributed by atoms with van der Waals surface area (Å²) in [6.45, 7) is 6.63. The topological polar surface area (TPSA) is 78.9 Å². The highest BCUT2D eigenvalue weighted by Gasteiger charge is 2.19. The number of esters is 3. The molecule has 1 atom stereocenters. The summed E-state index contributed by atoms with van der Waals surface area (Å²) in [5, 5.41) is 0. The minimum atomic E-state index is -0.774. The maximum Gasteiger partial charge on any atom is 0.306 e. The van der Waals surface area contributed by atoms with Crippen LogP contribution in [0.5, 0.6) is 0 Å². The van der Waals surface area contributed by atoms with Gasteiger partial charge in [0.15, 0.2) is 6.10 Å². The SMILES string of the molecule is CCC/C=C\C/C=C\CCCCCCCC(=O)OCC(COC(=O)CCCCCCCCCCCCCCCCCCCCCCCCC/C=C\CCCCCCCCCC)OC(=O)CCCCCCCCCCCCCCCC. The monoisotopic (exact) mass is 1120 g/mol. The van der Waals surface area contributed by atoms with E-state index in [0.717, 1.165) is 83.5 Å². The lowest BCUT2D eigenvalue weighted by Gasteiger charge is -2.18. The van der Waals surface area contributed by atoms with Gasteiger partial charge in [-0.15, -0.1) is 0 Å². The molecule has 0 saturated carbocycles. The van der Waals surface area contributed by atoms with Crippen molar-refractivity contribution in [1.82, 2.24) is 0 Å². The number of carbonyl (C=O) groups is 3. The van der Waals surface area contributed by atoms with Crippen LogP contribution >= 0.6 is 0 Å². The number of carbonyl (C=O) groups excluding carboxylic acids is 3. The third-order valence-electron chi connectivity index (χ3n) is 16.3. The summed E-state index contributed by atoms with van der Waals surface area (Å²) < 4.78 is 16.9. The van der Waals surface area contributed by atoms with Gasteiger partial charge in [-0.25, -0.2) is 0 Å². The predicted octanol–water partition coefficient (Wildman–Crippen LogP) is 24.7. The Labute approximate surface area is 499 Å². The summed E-state index contributed by atoms with van der Waals surface area (Å²) in [4.78, 5) is 38.3. The normalized spacial score (nSPS) is 12.2. The summed E-state index contributed by atoms with van der Waals surface area (Å²) in [6, 6.07) is 0. The molecular formula is C74H138O6. The van der Waals surface area contributed by atoms with Crippen molar-refractivity contribution < 1.29 is 28.6 Å². The van der Waals surface area contributed by atoms with Crippen LogP contribution in [-0.4, -0.2) is 37.2 Å². The van der Waals surface area contributed by atoms with Crippen LogP contribution < -0.4 is 0 Å². The molecule has 1 unspecified atom stereocenters. The molecule has 0 aliphatic rings. The van der Waals surface area contributed by atoms with Gasteiger partial charge in [-0.3, -0.25) is 14.4 Å². The second-order valence-electron chi connectivity index (χ2n) is 24.5. The average Bonchev–Trinajstić information content (AvgIpc) is 3.46. The fraction of sp³-hybridized carbons (Fsp3) is 0.878. The van der Waals surface area contributed by atoms with Crippen LogP contribution in [-0.2, 0) is 28.6 Å². The van der Waals surface area contributed by atoms with E-state index in [2.05, 4.69) is 57.2 Å². The van der Waals surface area contributed by atoms with Crippen LogP contribution in [0.25, 0.3) is 0 Å². The molecule has 0 aliphatic carbocycles. The van der Waals surface area contributed by atoms with Crippen molar-refractivity contribution in [3.63, 3.8) is 0 Å². The lowest BCUT2D eigenvalue weighted by atomic mass is 10.0. The summed E-state index contributed by atoms with van der Waals surface area (Å²) in [5.41, 5.74) is 0. The molecule has 0 rings (SSSR count). The van der Waals surface area contributed by atoms with Crippen molar-refractivity contribution in [1.29, 1.82) is 0 Å². The molecule has 0 aliphatic heterocycles. The van der Waals surface area contributed by atoms with E-state index in [4.69, 9.17) is 14.2 Å². The first kappa shape index (κ1) is 77.6. The Morgan fingerprint density at radius 2 is 0.475 bits per heavy atom. The molecule has 0 N–H and O–H groups in total. The Balaban J connectivity index is 4.02. The average molecular weight is 1120 g/mol. The summed E-state index contributed by atoms with van der Waals surface area (Å²) in [6.07, 6.45) is 86.3. The minimum absolute atomic E-state index is 0.0708. The zero-order valence-corrected chi connectivity index (χ0v) is 54.1. The van der Waals surface area contributed by atoms with Gasteiger partial charge in [0.1, 0.15) is 13.2 Å². The highest BCUT2D eigenvalue weighted by atomic mass is 16.6. The molecule has 470 valence electrons. The number of unbranched alkanes of at least 4 members (excludes halogenated alkanes) is 50. The molecule has 0 radical (unpaired) electrons. The largest absolute Gasteiger partial charge is 0.462 e. The van der Waals surface area contributed by atoms with Crippen LogP contribution in [0.15, 0.2) is 36.5 Å². The first-order valence-electron chi connectivity index (χ1n) is 36.0. The van der Waals surface area contributed by atoms with Crippen molar-refractivity contribution in [3.8, 4) is 0 Å². The van der Waals surface area contributed by atoms with E-state index in [1.165, 1.54) is 276 Å². The third-order valence-corrected chi connectivity index (χ3v) is 16.3. The van der Waals surface area contributed by atoms with Crippen molar-refractivity contribution in [2.45, 2.75) is 406 Å². The molecule has 6 nitrogen and oxygen atoms in total. The van der Waals surface area contributed by atoms with Crippen LogP contribution in [0.3, 0.4) is 0 Å². The molecule has 0 saturated heterocycles. The lowest BCUT2D eigenvalue weighted by molar-refractivity contribution is -0.167. The van der Waals surface area contributed by atoms with Gasteiger partial charge >= 0.3 is 17.9 Å². The molecule has 0 aromatic heterocycles. The second-order valence-corrected chi connectivity index (χ2v) is 24.5. The molecule has 0 spiro atoms. The fourth-order valence-electron chi connectivity index (χ4n) is 11.0. The summed E-state index contributed by atoms with van der Waals surface area (Å²) in [5.74, 6) is -0.859. The molecular weight excluding hydrogens is 985 g/mol. The third kappa shape index (κ3) is 66.4. The number of rotatable bonds is 67. The van der Waals surface area contributed by atoms with Gasteiger partial charge in [0.05, 0.1) is 0 Å². The number of hydrogen-bond acceptors (Lipinski definition) is 6. The zero-order chi connectivity index (χ0) is 57.8. The first-order valence-corrected chi connectivity index (χ1v) is 36.0. The van der Waals surface area contributed by atoms with Gasteiger partial charge < -0.3 is 14.2 Å². The maximum atomic E-state index is 12.9. The van der Waals surface area contributed by atoms with Crippen LogP contribution in [0.2, 0.25) is 0 Å². The van der Waals surface area contributed by atoms with Crippen molar-refractivity contribution in [3.05, 3.63) is 36.5 Å². The van der Waals surface area contributed by atoms with E-state index in [1.54, 1.807) is 0 Å². The fourth-order valence-corrected chi connectivity index (χ4v) is 11.0. The minimum Gasteiger partial charge on any atom is -0.462 e. The quantitative estimate of drug-likeness (QED) is 0.0261. The van der Waals surface area contributed by atoms with Crippen LogP contribution in [0.4, 0.5) is 0 Å². The van der Waals surface area contributed by atoms with Crippen LogP contribution in [0, 0.1) is 0 Å². The van der Waals surface area contributed by atoms with Gasteiger partial charge in [0.2, 0.25) is 0 Å². The molecule has 80 heavy (non-hydrogen) atoms. The Kier molecular flexibility index (Phi) is 67.1. The number of ether oxygens (including phenoxy) is 3. The highest BCUT2D eigenvalue weighted by molar-refractivity contribution is 5.71. The van der Waals surface area contributed by atoms with Gasteiger partial charge in [-0.1, -0.05) is 346 Å². The number of allylic oxidation sites excluding steroid dienone is 6. The Bertz CT molecular complexity index is 1340. The molecule has 0 aromatic carbocycles. The molecule has 0 heterocycles. The van der Waals surface area contributed by atoms with Crippen molar-refractivity contribution >= 4 is 17.9 Å². The Hall–Kier alpha value is -2.37. The Morgan fingerprint density at radius 3 is 0.750 bits per heavy atom. The molecule has 0 fully saturated rings. The molecule has 0 bridgehead atoms. The van der Waals surface area contributed by atoms with Gasteiger partial charge in [-0.2, -0.15) is 0 Å². The standard InChI is InChI=1S/C74H138O6/c1-4-7-10-13-16-19-22-25-27-28-29-30-31-32-33-34-35-36-37-38-39-40-41-42-43-44-45-46-47-50-52-55-58-61-64-67-73(76)79-70-71(69-78-72(75)66-63-60-57-54-51-48-24-21-18-15-12-9-6-3)80-74(77)68-65-62-59-56-53-49-26-23-20-17-14-11-8-5-2/h12,15,21,24,28-29,71H,4-11,13-14,16-20,22-23,25-27,30-70H2,1-3H3/b15-12-,24-21-,29-28-. The molecule has 0 amide bonds. The van der Waals surface area contributed by atoms with Gasteiger partial charge in [-0.05, 0) is 70.6 Å². The van der Waals surface area contributed by atoms with Crippen LogP contribution in [0.1, 0.15) is 400 Å². The first-order chi connectivity index (χ1) is 39.5. The van der Waals surface area contributed by atoms with E-state index >= 15 is 0 Å². The molecule has 0 aromatic rings. The summed E-state index contributed by atoms with van der Waals surface area (Å²) in [7, 11) is 0. The van der Waals surface area contributed by atoms with Crippen molar-refractivity contribution in [2.75, 3.05) is 13.2 Å². The van der Waals surface area contributed by atoms with E-state index in [0.29, 0.717) is 19.3 Å².